The summed E-state index contributed by atoms with van der Waals surface area (Å²) < 4.78 is 4.23. The van der Waals surface area contributed by atoms with Crippen molar-refractivity contribution in [1.29, 1.82) is 0 Å². The molecule has 26 heavy (non-hydrogen) atoms. The molecule has 0 spiro atoms. The van der Waals surface area contributed by atoms with Crippen LogP contribution in [0.25, 0.3) is 0 Å². The SMILES string of the molecule is CC[C@@]1(C(=O)NCCc2ccncc2)C[C@@H]2CC[C@H]1N2Cc1cnsc1. The Hall–Kier alpha value is -1.79. The molecule has 2 fully saturated rings. The summed E-state index contributed by atoms with van der Waals surface area (Å²) in [5.74, 6) is 0.245. The van der Waals surface area contributed by atoms with E-state index in [2.05, 4.69) is 31.9 Å². The standard InChI is InChI=1S/C20H26N4OS/c1-2-20(19(25)22-10-7-15-5-8-21-9-6-15)11-17-3-4-18(20)24(17)13-16-12-23-26-14-16/h5-6,8-9,12,14,17-18H,2-4,7,10-11,13H2,1H3,(H,22,25)/t17-,18+,20+/m0/s1. The quantitative estimate of drug-likeness (QED) is 0.814. The number of hydrogen-bond acceptors (Lipinski definition) is 5. The van der Waals surface area contributed by atoms with Crippen molar-refractivity contribution >= 4 is 17.4 Å². The van der Waals surface area contributed by atoms with Crippen molar-refractivity contribution in [1.82, 2.24) is 19.6 Å². The van der Waals surface area contributed by atoms with Gasteiger partial charge in [0.15, 0.2) is 0 Å². The van der Waals surface area contributed by atoms with Gasteiger partial charge >= 0.3 is 0 Å². The number of aromatic nitrogens is 2. The van der Waals surface area contributed by atoms with Crippen LogP contribution >= 0.6 is 11.5 Å². The van der Waals surface area contributed by atoms with Crippen molar-refractivity contribution in [2.24, 2.45) is 5.41 Å². The van der Waals surface area contributed by atoms with Gasteiger partial charge in [-0.3, -0.25) is 14.7 Å². The molecule has 4 rings (SSSR count). The average Bonchev–Trinajstić information content (AvgIpc) is 3.39. The van der Waals surface area contributed by atoms with Gasteiger partial charge < -0.3 is 5.32 Å². The van der Waals surface area contributed by atoms with Crippen LogP contribution in [0.1, 0.15) is 43.7 Å². The minimum atomic E-state index is -0.232. The smallest absolute Gasteiger partial charge is 0.227 e. The highest BCUT2D eigenvalue weighted by Gasteiger charge is 2.58. The molecule has 2 bridgehead atoms. The molecular weight excluding hydrogens is 344 g/mol. The Kier molecular flexibility index (Phi) is 5.05. The second-order valence-corrected chi connectivity index (χ2v) is 8.18. The second kappa shape index (κ2) is 7.45. The van der Waals surface area contributed by atoms with Gasteiger partial charge in [-0.15, -0.1) is 0 Å². The number of fused-ring (bicyclic) bond motifs is 2. The van der Waals surface area contributed by atoms with Crippen LogP contribution in [0.5, 0.6) is 0 Å². The lowest BCUT2D eigenvalue weighted by molar-refractivity contribution is -0.133. The van der Waals surface area contributed by atoms with Crippen LogP contribution in [0.3, 0.4) is 0 Å². The zero-order valence-electron chi connectivity index (χ0n) is 15.2. The van der Waals surface area contributed by atoms with Crippen molar-refractivity contribution < 1.29 is 4.79 Å². The van der Waals surface area contributed by atoms with Gasteiger partial charge in [0.2, 0.25) is 5.91 Å². The van der Waals surface area contributed by atoms with E-state index in [0.717, 1.165) is 32.2 Å². The molecule has 2 saturated heterocycles. The summed E-state index contributed by atoms with van der Waals surface area (Å²) in [4.78, 5) is 19.8. The third-order valence-corrected chi connectivity index (χ3v) is 6.90. The maximum atomic E-state index is 13.2. The molecule has 138 valence electrons. The minimum absolute atomic E-state index is 0.232. The maximum Gasteiger partial charge on any atom is 0.227 e. The number of rotatable bonds is 7. The summed E-state index contributed by atoms with van der Waals surface area (Å²) in [6.45, 7) is 3.79. The van der Waals surface area contributed by atoms with Gasteiger partial charge in [-0.2, -0.15) is 0 Å². The van der Waals surface area contributed by atoms with Crippen molar-refractivity contribution in [3.8, 4) is 0 Å². The Labute approximate surface area is 159 Å². The molecule has 6 heteroatoms. The van der Waals surface area contributed by atoms with Gasteiger partial charge in [0.1, 0.15) is 0 Å². The van der Waals surface area contributed by atoms with Crippen LogP contribution in [0.15, 0.2) is 36.1 Å². The van der Waals surface area contributed by atoms with Crippen molar-refractivity contribution in [3.05, 3.63) is 47.2 Å². The largest absolute Gasteiger partial charge is 0.355 e. The van der Waals surface area contributed by atoms with E-state index in [-0.39, 0.29) is 11.3 Å². The second-order valence-electron chi connectivity index (χ2n) is 7.53. The normalized spacial score (nSPS) is 27.7. The monoisotopic (exact) mass is 370 g/mol. The maximum absolute atomic E-state index is 13.2. The van der Waals surface area contributed by atoms with E-state index in [4.69, 9.17) is 0 Å². The molecule has 2 aromatic rings. The number of nitrogens with zero attached hydrogens (tertiary/aromatic N) is 3. The van der Waals surface area contributed by atoms with E-state index in [1.807, 2.05) is 18.3 Å². The first-order chi connectivity index (χ1) is 12.7. The molecule has 3 atom stereocenters. The van der Waals surface area contributed by atoms with Crippen molar-refractivity contribution in [2.75, 3.05) is 6.54 Å². The van der Waals surface area contributed by atoms with E-state index in [0.29, 0.717) is 18.6 Å². The highest BCUT2D eigenvalue weighted by atomic mass is 32.1. The van der Waals surface area contributed by atoms with Crippen LogP contribution in [0, 0.1) is 5.41 Å². The molecule has 0 radical (unpaired) electrons. The lowest BCUT2D eigenvalue weighted by atomic mass is 9.71. The lowest BCUT2D eigenvalue weighted by Gasteiger charge is -2.35. The van der Waals surface area contributed by atoms with E-state index in [1.165, 1.54) is 29.1 Å². The summed E-state index contributed by atoms with van der Waals surface area (Å²) in [6, 6.07) is 4.91. The van der Waals surface area contributed by atoms with Gasteiger partial charge in [-0.05, 0) is 66.9 Å². The van der Waals surface area contributed by atoms with Crippen molar-refractivity contribution in [2.45, 2.75) is 57.7 Å². The van der Waals surface area contributed by atoms with Gasteiger partial charge in [0.05, 0.1) is 5.41 Å². The van der Waals surface area contributed by atoms with Crippen LogP contribution in [-0.2, 0) is 17.8 Å². The summed E-state index contributed by atoms with van der Waals surface area (Å²) in [5, 5.41) is 5.36. The molecule has 0 aliphatic carbocycles. The van der Waals surface area contributed by atoms with Crippen molar-refractivity contribution in [3.63, 3.8) is 0 Å². The Balaban J connectivity index is 1.41. The predicted molar refractivity (Wildman–Crippen MR) is 103 cm³/mol. The van der Waals surface area contributed by atoms with E-state index in [9.17, 15) is 4.79 Å². The molecule has 0 unspecified atom stereocenters. The fourth-order valence-corrected chi connectivity index (χ4v) is 5.42. The number of carbonyl (C=O) groups excluding carboxylic acids is 1. The minimum Gasteiger partial charge on any atom is -0.355 e. The molecule has 1 amide bonds. The molecule has 5 nitrogen and oxygen atoms in total. The zero-order valence-corrected chi connectivity index (χ0v) is 16.0. The first kappa shape index (κ1) is 17.6. The number of pyridine rings is 1. The van der Waals surface area contributed by atoms with Crippen LogP contribution < -0.4 is 5.32 Å². The van der Waals surface area contributed by atoms with E-state index < -0.39 is 0 Å². The first-order valence-corrected chi connectivity index (χ1v) is 10.4. The number of hydrogen-bond donors (Lipinski definition) is 1. The number of amides is 1. The highest BCUT2D eigenvalue weighted by molar-refractivity contribution is 7.03. The molecule has 0 aromatic carbocycles. The topological polar surface area (TPSA) is 58.1 Å². The van der Waals surface area contributed by atoms with Crippen LogP contribution in [0.4, 0.5) is 0 Å². The molecular formula is C20H26N4OS. The fourth-order valence-electron chi connectivity index (χ4n) is 4.89. The van der Waals surface area contributed by atoms with Gasteiger partial charge in [0, 0.05) is 49.1 Å². The molecule has 4 heterocycles. The van der Waals surface area contributed by atoms with E-state index >= 15 is 0 Å². The lowest BCUT2D eigenvalue weighted by Crippen LogP contribution is -2.49. The Bertz CT molecular complexity index is 736. The third-order valence-electron chi connectivity index (χ3n) is 6.26. The van der Waals surface area contributed by atoms with Gasteiger partial charge in [0.25, 0.3) is 0 Å². The molecule has 2 aliphatic rings. The van der Waals surface area contributed by atoms with Crippen LogP contribution in [-0.4, -0.2) is 38.8 Å². The highest BCUT2D eigenvalue weighted by Crippen LogP contribution is 2.52. The fraction of sp³-hybridized carbons (Fsp3) is 0.550. The summed E-state index contributed by atoms with van der Waals surface area (Å²) in [7, 11) is 0. The van der Waals surface area contributed by atoms with Gasteiger partial charge in [-0.25, -0.2) is 4.37 Å². The number of carbonyl (C=O) groups is 1. The van der Waals surface area contributed by atoms with E-state index in [1.54, 1.807) is 12.4 Å². The first-order valence-electron chi connectivity index (χ1n) is 9.54. The number of nitrogens with one attached hydrogen (secondary N) is 1. The average molecular weight is 371 g/mol. The third kappa shape index (κ3) is 3.16. The Morgan fingerprint density at radius 1 is 1.35 bits per heavy atom. The van der Waals surface area contributed by atoms with Crippen LogP contribution in [0.2, 0.25) is 0 Å². The molecule has 2 aliphatic heterocycles. The summed E-state index contributed by atoms with van der Waals surface area (Å²) in [5.41, 5.74) is 2.26. The Morgan fingerprint density at radius 2 is 2.19 bits per heavy atom. The molecule has 2 aromatic heterocycles. The molecule has 1 N–H and O–H groups in total. The summed E-state index contributed by atoms with van der Waals surface area (Å²) >= 11 is 1.51. The zero-order chi connectivity index (χ0) is 18.0. The summed E-state index contributed by atoms with van der Waals surface area (Å²) in [6.07, 6.45) is 10.7. The molecule has 0 saturated carbocycles. The Morgan fingerprint density at radius 3 is 2.92 bits per heavy atom. The van der Waals surface area contributed by atoms with Gasteiger partial charge in [-0.1, -0.05) is 6.92 Å². The predicted octanol–water partition coefficient (Wildman–Crippen LogP) is 3.03.